The molecule has 0 aromatic heterocycles. The summed E-state index contributed by atoms with van der Waals surface area (Å²) in [6, 6.07) is 0. The van der Waals surface area contributed by atoms with E-state index in [0.717, 1.165) is 0 Å². The van der Waals surface area contributed by atoms with Crippen LogP contribution in [0, 0.1) is 0 Å². The van der Waals surface area contributed by atoms with Gasteiger partial charge in [-0.1, -0.05) is 0 Å². The summed E-state index contributed by atoms with van der Waals surface area (Å²) in [4.78, 5) is 0. The van der Waals surface area contributed by atoms with E-state index < -0.39 is 10.4 Å². The zero-order chi connectivity index (χ0) is 4.50. The average molecular weight is 314 g/mol. The van der Waals surface area contributed by atoms with Crippen LogP contribution in [0.1, 0.15) is 0 Å². The Morgan fingerprint density at radius 3 is 0.533 bits per heavy atom. The van der Waals surface area contributed by atoms with Crippen LogP contribution in [-0.2, 0) is 27.5 Å². The summed E-state index contributed by atoms with van der Waals surface area (Å²) in [5.41, 5.74) is 0. The van der Waals surface area contributed by atoms with Gasteiger partial charge in [0.25, 0.3) is 0 Å². The maximum atomic E-state index is 8.52. The first-order valence-corrected chi connectivity index (χ1v) is 2.00. The molecule has 0 unspecified atom stereocenters. The van der Waals surface area contributed by atoms with E-state index >= 15 is 0 Å². The first-order chi connectivity index (χ1) is 2.00. The maximum Gasteiger partial charge on any atom is 3.00 e. The average Bonchev–Trinajstić information content (AvgIpc) is 0.722. The summed E-state index contributed by atoms with van der Waals surface area (Å²) in [6.07, 6.45) is 0. The zero-order valence-electron chi connectivity index (χ0n) is 6.89. The van der Waals surface area contributed by atoms with Gasteiger partial charge in [0.2, 0.25) is 0 Å². The van der Waals surface area contributed by atoms with Gasteiger partial charge >= 0.3 is 17.1 Å². The molecule has 0 aliphatic heterocycles. The van der Waals surface area contributed by atoms with E-state index in [1.807, 2.05) is 0 Å². The van der Waals surface area contributed by atoms with Gasteiger partial charge in [-0.15, -0.1) is 0 Å². The molecule has 18 N–H and O–H groups in total. The molecule has 0 aliphatic carbocycles. The molecule has 0 saturated carbocycles. The van der Waals surface area contributed by atoms with Crippen molar-refractivity contribution in [1.29, 1.82) is 0 Å². The van der Waals surface area contributed by atoms with Crippen molar-refractivity contribution in [3.05, 3.63) is 0 Å². The Morgan fingerprint density at radius 2 is 0.533 bits per heavy atom. The summed E-state index contributed by atoms with van der Waals surface area (Å²) < 4.78 is 34.1. The minimum Gasteiger partial charge on any atom is -0.759 e. The molecule has 1 radical (unpaired) electrons. The van der Waals surface area contributed by atoms with Crippen molar-refractivity contribution in [3.63, 3.8) is 0 Å². The van der Waals surface area contributed by atoms with Crippen molar-refractivity contribution in [2.24, 2.45) is 0 Å². The van der Waals surface area contributed by atoms with Crippen molar-refractivity contribution in [1.82, 2.24) is 0 Å². The Hall–Kier alpha value is 0.0295. The van der Waals surface area contributed by atoms with Gasteiger partial charge in [-0.25, -0.2) is 0 Å². The molecule has 0 aromatic rings. The van der Waals surface area contributed by atoms with Gasteiger partial charge in [0.1, 0.15) is 0 Å². The van der Waals surface area contributed by atoms with E-state index in [-0.39, 0.29) is 66.4 Å². The third kappa shape index (κ3) is 2340000. The van der Waals surface area contributed by atoms with Crippen LogP contribution < -0.4 is 0 Å². The molecule has 109 valence electrons. The Labute approximate surface area is 94.9 Å². The Bertz CT molecular complexity index is 93.7. The molecule has 0 aliphatic rings. The molecule has 0 atom stereocenters. The SMILES string of the molecule is O.O.O.O.O.O.O.O.O.O=S(=O)([O-])[O-].[Fe+3]. The van der Waals surface area contributed by atoms with Gasteiger partial charge in [0.15, 0.2) is 0 Å². The topological polar surface area (TPSA) is 364 Å². The fourth-order valence-corrected chi connectivity index (χ4v) is 0. The van der Waals surface area contributed by atoms with E-state index in [1.54, 1.807) is 0 Å². The molecule has 0 fully saturated rings. The normalized spacial score (nSPS) is 3.87. The quantitative estimate of drug-likeness (QED) is 0.238. The molecular formula is H18FeO13S+. The second kappa shape index (κ2) is 65.5. The molecule has 0 bridgehead atoms. The van der Waals surface area contributed by atoms with Crippen LogP contribution in [0.5, 0.6) is 0 Å². The van der Waals surface area contributed by atoms with Crippen molar-refractivity contribution in [3.8, 4) is 0 Å². The standard InChI is InChI=1S/Fe.H2O4S.9H2O/c;1-5(2,3)4;;;;;;;;;/h;(H2,1,2,3,4);9*1H2/q+3;;;;;;;;;;/p-2. The molecule has 15 heteroatoms. The van der Waals surface area contributed by atoms with Crippen LogP contribution in [0.15, 0.2) is 0 Å². The van der Waals surface area contributed by atoms with Crippen LogP contribution in [0.4, 0.5) is 0 Å². The van der Waals surface area contributed by atoms with Crippen molar-refractivity contribution < 1.29 is 83.9 Å². The van der Waals surface area contributed by atoms with Crippen LogP contribution in [0.2, 0.25) is 0 Å². The number of rotatable bonds is 0. The van der Waals surface area contributed by atoms with Crippen molar-refractivity contribution in [2.45, 2.75) is 0 Å². The van der Waals surface area contributed by atoms with Crippen molar-refractivity contribution in [2.75, 3.05) is 0 Å². The fraction of sp³-hybridized carbons (Fsp3) is 0. The molecular weight excluding hydrogens is 296 g/mol. The third-order valence-corrected chi connectivity index (χ3v) is 0. The van der Waals surface area contributed by atoms with Gasteiger partial charge < -0.3 is 58.4 Å². The van der Waals surface area contributed by atoms with Crippen LogP contribution >= 0.6 is 0 Å². The number of hydrogen-bond acceptors (Lipinski definition) is 4. The fourth-order valence-electron chi connectivity index (χ4n) is 0. The first kappa shape index (κ1) is 182. The van der Waals surface area contributed by atoms with E-state index in [9.17, 15) is 0 Å². The molecule has 13 nitrogen and oxygen atoms in total. The summed E-state index contributed by atoms with van der Waals surface area (Å²) in [5.74, 6) is 0. The minimum atomic E-state index is -5.17. The van der Waals surface area contributed by atoms with E-state index in [1.165, 1.54) is 0 Å². The largest absolute Gasteiger partial charge is 3.00 e. The third-order valence-electron chi connectivity index (χ3n) is 0. The summed E-state index contributed by atoms with van der Waals surface area (Å²) in [6.45, 7) is 0. The van der Waals surface area contributed by atoms with Gasteiger partial charge in [0.05, 0.1) is 0 Å². The molecule has 0 heterocycles. The Balaban J connectivity index is -0.00000000178. The minimum absolute atomic E-state index is 0. The second-order valence-corrected chi connectivity index (χ2v) is 1.22. The van der Waals surface area contributed by atoms with Crippen molar-refractivity contribution >= 4 is 10.4 Å². The van der Waals surface area contributed by atoms with Gasteiger partial charge in [-0.3, -0.25) is 8.42 Å². The van der Waals surface area contributed by atoms with Gasteiger partial charge in [-0.05, 0) is 0 Å². The van der Waals surface area contributed by atoms with Crippen LogP contribution in [0.25, 0.3) is 0 Å². The maximum absolute atomic E-state index is 8.52. The van der Waals surface area contributed by atoms with Crippen LogP contribution in [0.3, 0.4) is 0 Å². The summed E-state index contributed by atoms with van der Waals surface area (Å²) in [7, 11) is -5.17. The summed E-state index contributed by atoms with van der Waals surface area (Å²) >= 11 is 0. The molecule has 0 aromatic carbocycles. The van der Waals surface area contributed by atoms with Gasteiger partial charge in [0, 0.05) is 10.4 Å². The Kier molecular flexibility index (Phi) is 796. The summed E-state index contributed by atoms with van der Waals surface area (Å²) in [5, 5.41) is 0. The molecule has 0 saturated heterocycles. The molecule has 15 heavy (non-hydrogen) atoms. The zero-order valence-corrected chi connectivity index (χ0v) is 8.82. The smallest absolute Gasteiger partial charge is 0.759 e. The Morgan fingerprint density at radius 1 is 0.533 bits per heavy atom. The van der Waals surface area contributed by atoms with Gasteiger partial charge in [-0.2, -0.15) is 0 Å². The number of hydrogen-bond donors (Lipinski definition) is 0. The predicted octanol–water partition coefficient (Wildman–Crippen LogP) is -8.76. The first-order valence-electron chi connectivity index (χ1n) is 0.667. The molecule has 0 rings (SSSR count). The molecule has 0 spiro atoms. The van der Waals surface area contributed by atoms with E-state index in [2.05, 4.69) is 0 Å². The molecule has 0 amide bonds. The second-order valence-electron chi connectivity index (χ2n) is 0.408. The monoisotopic (exact) mass is 314 g/mol. The van der Waals surface area contributed by atoms with E-state index in [0.29, 0.717) is 0 Å². The predicted molar refractivity (Wildman–Crippen MR) is 43.0 cm³/mol. The van der Waals surface area contributed by atoms with Crippen LogP contribution in [-0.4, -0.2) is 66.8 Å². The van der Waals surface area contributed by atoms with E-state index in [4.69, 9.17) is 17.5 Å².